The first-order valence-corrected chi connectivity index (χ1v) is 10.3. The molecule has 6 heteroatoms. The minimum absolute atomic E-state index is 0.364. The molecule has 1 aromatic carbocycles. The Bertz CT molecular complexity index is 1020. The van der Waals surface area contributed by atoms with Gasteiger partial charge in [0.1, 0.15) is 5.82 Å². The van der Waals surface area contributed by atoms with Gasteiger partial charge in [-0.25, -0.2) is 9.97 Å². The summed E-state index contributed by atoms with van der Waals surface area (Å²) in [4.78, 5) is 16.4. The lowest BCUT2D eigenvalue weighted by atomic mass is 10.1. The molecule has 0 saturated carbocycles. The van der Waals surface area contributed by atoms with Gasteiger partial charge in [-0.2, -0.15) is 0 Å². The topological polar surface area (TPSA) is 60.4 Å². The van der Waals surface area contributed by atoms with Crippen LogP contribution in [0.2, 0.25) is 0 Å². The van der Waals surface area contributed by atoms with Gasteiger partial charge in [-0.1, -0.05) is 19.9 Å². The predicted molar refractivity (Wildman–Crippen MR) is 117 cm³/mol. The van der Waals surface area contributed by atoms with E-state index in [9.17, 15) is 0 Å². The minimum atomic E-state index is 0.364. The summed E-state index contributed by atoms with van der Waals surface area (Å²) in [5.41, 5.74) is 5.55. The Hall–Kier alpha value is -2.99. The second-order valence-electron chi connectivity index (χ2n) is 7.94. The van der Waals surface area contributed by atoms with Crippen molar-refractivity contribution in [1.82, 2.24) is 19.9 Å². The van der Waals surface area contributed by atoms with Crippen LogP contribution in [0.15, 0.2) is 42.7 Å². The van der Waals surface area contributed by atoms with Crippen molar-refractivity contribution in [1.29, 1.82) is 0 Å². The molecule has 1 aliphatic rings. The number of hydrogen-bond acceptors (Lipinski definition) is 6. The fourth-order valence-corrected chi connectivity index (χ4v) is 3.75. The Balaban J connectivity index is 1.44. The molecule has 30 heavy (non-hydrogen) atoms. The third-order valence-corrected chi connectivity index (χ3v) is 5.46. The molecule has 0 atom stereocenters. The van der Waals surface area contributed by atoms with E-state index in [-0.39, 0.29) is 0 Å². The van der Waals surface area contributed by atoms with Gasteiger partial charge < -0.3 is 9.47 Å². The standard InChI is InChI=1S/C24H28N4O2/c1-16(2)24-26-13-19-15-28(10-9-21(19)27-24)14-17-5-7-20(25-12-17)18-6-8-22(29-3)23(11-18)30-4/h5-8,11-13,16H,9-10,14-15H2,1-4H3. The quantitative estimate of drug-likeness (QED) is 0.613. The van der Waals surface area contributed by atoms with Crippen LogP contribution < -0.4 is 9.47 Å². The van der Waals surface area contributed by atoms with Crippen molar-refractivity contribution < 1.29 is 9.47 Å². The molecule has 0 amide bonds. The van der Waals surface area contributed by atoms with Crippen LogP contribution in [0.5, 0.6) is 11.5 Å². The van der Waals surface area contributed by atoms with Crippen LogP contribution in [0.25, 0.3) is 11.3 Å². The van der Waals surface area contributed by atoms with E-state index in [1.165, 1.54) is 16.8 Å². The highest BCUT2D eigenvalue weighted by Crippen LogP contribution is 2.31. The number of ether oxygens (including phenoxy) is 2. The molecule has 0 unspecified atom stereocenters. The Morgan fingerprint density at radius 3 is 2.53 bits per heavy atom. The Morgan fingerprint density at radius 2 is 1.83 bits per heavy atom. The highest BCUT2D eigenvalue weighted by atomic mass is 16.5. The van der Waals surface area contributed by atoms with Gasteiger partial charge in [-0.15, -0.1) is 0 Å². The van der Waals surface area contributed by atoms with Gasteiger partial charge in [0.05, 0.1) is 19.9 Å². The van der Waals surface area contributed by atoms with Crippen molar-refractivity contribution in [3.63, 3.8) is 0 Å². The first-order valence-electron chi connectivity index (χ1n) is 10.3. The molecular formula is C24H28N4O2. The van der Waals surface area contributed by atoms with E-state index in [2.05, 4.69) is 40.8 Å². The number of fused-ring (bicyclic) bond motifs is 1. The number of methoxy groups -OCH3 is 2. The lowest BCUT2D eigenvalue weighted by molar-refractivity contribution is 0.242. The maximum absolute atomic E-state index is 5.40. The van der Waals surface area contributed by atoms with E-state index in [1.807, 2.05) is 30.6 Å². The Kier molecular flexibility index (Phi) is 5.95. The highest BCUT2D eigenvalue weighted by molar-refractivity contribution is 5.64. The van der Waals surface area contributed by atoms with Gasteiger partial charge >= 0.3 is 0 Å². The normalized spacial score (nSPS) is 13.9. The number of pyridine rings is 1. The molecule has 3 aromatic rings. The van der Waals surface area contributed by atoms with Crippen molar-refractivity contribution in [2.24, 2.45) is 0 Å². The van der Waals surface area contributed by atoms with E-state index in [0.717, 1.165) is 43.1 Å². The molecule has 0 bridgehead atoms. The maximum Gasteiger partial charge on any atom is 0.161 e. The zero-order valence-electron chi connectivity index (χ0n) is 18.1. The van der Waals surface area contributed by atoms with Crippen LogP contribution in [0.3, 0.4) is 0 Å². The molecule has 0 aliphatic carbocycles. The molecule has 4 rings (SSSR count). The molecule has 1 aliphatic heterocycles. The van der Waals surface area contributed by atoms with Gasteiger partial charge in [-0.3, -0.25) is 9.88 Å². The third kappa shape index (κ3) is 4.28. The van der Waals surface area contributed by atoms with Crippen molar-refractivity contribution in [2.75, 3.05) is 20.8 Å². The van der Waals surface area contributed by atoms with E-state index < -0.39 is 0 Å². The Morgan fingerprint density at radius 1 is 1.00 bits per heavy atom. The molecule has 0 N–H and O–H groups in total. The van der Waals surface area contributed by atoms with E-state index >= 15 is 0 Å². The van der Waals surface area contributed by atoms with Crippen molar-refractivity contribution in [3.8, 4) is 22.8 Å². The lowest BCUT2D eigenvalue weighted by Gasteiger charge is -2.28. The van der Waals surface area contributed by atoms with Gasteiger partial charge in [-0.05, 0) is 29.8 Å². The number of nitrogens with zero attached hydrogens (tertiary/aromatic N) is 4. The molecule has 0 saturated heterocycles. The van der Waals surface area contributed by atoms with Gasteiger partial charge in [0.25, 0.3) is 0 Å². The fraction of sp³-hybridized carbons (Fsp3) is 0.375. The maximum atomic E-state index is 5.40. The summed E-state index contributed by atoms with van der Waals surface area (Å²) in [6.07, 6.45) is 4.93. The molecule has 0 spiro atoms. The van der Waals surface area contributed by atoms with Crippen LogP contribution in [-0.2, 0) is 19.5 Å². The summed E-state index contributed by atoms with van der Waals surface area (Å²) < 4.78 is 10.7. The smallest absolute Gasteiger partial charge is 0.161 e. The summed E-state index contributed by atoms with van der Waals surface area (Å²) >= 11 is 0. The number of benzene rings is 1. The lowest BCUT2D eigenvalue weighted by Crippen LogP contribution is -2.31. The number of hydrogen-bond donors (Lipinski definition) is 0. The van der Waals surface area contributed by atoms with Crippen LogP contribution in [-0.4, -0.2) is 40.6 Å². The first kappa shape index (κ1) is 20.3. The molecule has 0 fully saturated rings. The zero-order valence-corrected chi connectivity index (χ0v) is 18.1. The fourth-order valence-electron chi connectivity index (χ4n) is 3.75. The van der Waals surface area contributed by atoms with Gasteiger partial charge in [0.2, 0.25) is 0 Å². The van der Waals surface area contributed by atoms with Crippen LogP contribution in [0.4, 0.5) is 0 Å². The number of aromatic nitrogens is 3. The summed E-state index contributed by atoms with van der Waals surface area (Å²) in [5, 5.41) is 0. The van der Waals surface area contributed by atoms with E-state index in [4.69, 9.17) is 14.5 Å². The molecule has 2 aromatic heterocycles. The zero-order chi connectivity index (χ0) is 21.1. The predicted octanol–water partition coefficient (Wildman–Crippen LogP) is 4.24. The monoisotopic (exact) mass is 404 g/mol. The summed E-state index contributed by atoms with van der Waals surface area (Å²) in [6.45, 7) is 7.01. The van der Waals surface area contributed by atoms with Crippen LogP contribution >= 0.6 is 0 Å². The summed E-state index contributed by atoms with van der Waals surface area (Å²) in [6, 6.07) is 10.1. The van der Waals surface area contributed by atoms with E-state index in [0.29, 0.717) is 17.4 Å². The van der Waals surface area contributed by atoms with E-state index in [1.54, 1.807) is 14.2 Å². The molecule has 0 radical (unpaired) electrons. The van der Waals surface area contributed by atoms with Gasteiger partial charge in [0.15, 0.2) is 11.5 Å². The number of rotatable bonds is 6. The molecule has 6 nitrogen and oxygen atoms in total. The largest absolute Gasteiger partial charge is 0.493 e. The average molecular weight is 405 g/mol. The van der Waals surface area contributed by atoms with Crippen LogP contribution in [0, 0.1) is 0 Å². The van der Waals surface area contributed by atoms with Crippen molar-refractivity contribution in [2.45, 2.75) is 39.3 Å². The van der Waals surface area contributed by atoms with Crippen LogP contribution in [0.1, 0.15) is 42.4 Å². The van der Waals surface area contributed by atoms with Crippen molar-refractivity contribution in [3.05, 3.63) is 65.4 Å². The second-order valence-corrected chi connectivity index (χ2v) is 7.94. The molecule has 3 heterocycles. The highest BCUT2D eigenvalue weighted by Gasteiger charge is 2.19. The summed E-state index contributed by atoms with van der Waals surface area (Å²) in [5.74, 6) is 2.73. The minimum Gasteiger partial charge on any atom is -0.493 e. The molecular weight excluding hydrogens is 376 g/mol. The SMILES string of the molecule is COc1ccc(-c2ccc(CN3CCc4nc(C(C)C)ncc4C3)cn2)cc1OC. The van der Waals surface area contributed by atoms with Crippen molar-refractivity contribution >= 4 is 0 Å². The Labute approximate surface area is 177 Å². The second kappa shape index (κ2) is 8.79. The summed E-state index contributed by atoms with van der Waals surface area (Å²) in [7, 11) is 3.28. The third-order valence-electron chi connectivity index (χ3n) is 5.46. The van der Waals surface area contributed by atoms with Gasteiger partial charge in [0, 0.05) is 61.2 Å². The first-order chi connectivity index (χ1) is 14.6. The molecule has 156 valence electrons. The average Bonchev–Trinajstić information content (AvgIpc) is 2.78.